The van der Waals surface area contributed by atoms with Crippen molar-refractivity contribution in [2.24, 2.45) is 0 Å². The van der Waals surface area contributed by atoms with Crippen LogP contribution < -0.4 is 5.32 Å². The average molecular weight is 481 g/mol. The fourth-order valence-electron chi connectivity index (χ4n) is 4.63. The molecule has 1 aliphatic rings. The van der Waals surface area contributed by atoms with Gasteiger partial charge in [-0.3, -0.25) is 9.59 Å². The first kappa shape index (κ1) is 26.3. The van der Waals surface area contributed by atoms with E-state index in [4.69, 9.17) is 9.84 Å². The fraction of sp³-hybridized carbons (Fsp3) is 0.464. The zero-order valence-electron chi connectivity index (χ0n) is 20.7. The van der Waals surface area contributed by atoms with Crippen molar-refractivity contribution in [3.8, 4) is 11.1 Å². The van der Waals surface area contributed by atoms with Crippen LogP contribution in [0.4, 0.5) is 4.79 Å². The maximum atomic E-state index is 12.4. The Labute approximate surface area is 207 Å². The topological polar surface area (TPSA) is 95.9 Å². The van der Waals surface area contributed by atoms with E-state index in [0.29, 0.717) is 19.6 Å². The third-order valence-electron chi connectivity index (χ3n) is 6.44. The smallest absolute Gasteiger partial charge is 0.407 e. The molecule has 0 saturated heterocycles. The number of carboxylic acids is 1. The van der Waals surface area contributed by atoms with E-state index in [-0.39, 0.29) is 30.8 Å². The summed E-state index contributed by atoms with van der Waals surface area (Å²) in [6, 6.07) is 16.5. The van der Waals surface area contributed by atoms with E-state index in [1.807, 2.05) is 38.1 Å². The van der Waals surface area contributed by atoms with Gasteiger partial charge >= 0.3 is 12.1 Å². The third-order valence-corrected chi connectivity index (χ3v) is 6.44. The van der Waals surface area contributed by atoms with Gasteiger partial charge in [0.15, 0.2) is 0 Å². The van der Waals surface area contributed by atoms with Crippen molar-refractivity contribution in [3.63, 3.8) is 0 Å². The van der Waals surface area contributed by atoms with Crippen molar-refractivity contribution in [2.75, 3.05) is 19.7 Å². The largest absolute Gasteiger partial charge is 0.481 e. The Morgan fingerprint density at radius 3 is 2.11 bits per heavy atom. The molecule has 0 heterocycles. The Morgan fingerprint density at radius 2 is 1.51 bits per heavy atom. The second kappa shape index (κ2) is 12.9. The molecule has 3 rings (SSSR count). The van der Waals surface area contributed by atoms with Gasteiger partial charge in [-0.1, -0.05) is 61.4 Å². The highest BCUT2D eigenvalue weighted by Crippen LogP contribution is 2.44. The third kappa shape index (κ3) is 7.31. The van der Waals surface area contributed by atoms with Gasteiger partial charge in [0.25, 0.3) is 0 Å². The summed E-state index contributed by atoms with van der Waals surface area (Å²) in [5.41, 5.74) is 4.79. The van der Waals surface area contributed by atoms with Gasteiger partial charge in [-0.15, -0.1) is 0 Å². The molecule has 2 aromatic carbocycles. The van der Waals surface area contributed by atoms with Gasteiger partial charge in [0.05, 0.1) is 6.42 Å². The summed E-state index contributed by atoms with van der Waals surface area (Å²) in [7, 11) is 0. The molecule has 2 N–H and O–H groups in total. The van der Waals surface area contributed by atoms with Gasteiger partial charge in [0.1, 0.15) is 6.61 Å². The van der Waals surface area contributed by atoms with E-state index < -0.39 is 12.1 Å². The molecule has 0 aromatic heterocycles. The van der Waals surface area contributed by atoms with Crippen molar-refractivity contribution >= 4 is 18.0 Å². The van der Waals surface area contributed by atoms with Gasteiger partial charge in [-0.25, -0.2) is 4.79 Å². The van der Waals surface area contributed by atoms with Gasteiger partial charge in [-0.2, -0.15) is 0 Å². The van der Waals surface area contributed by atoms with Crippen LogP contribution in [-0.4, -0.2) is 53.7 Å². The number of benzene rings is 2. The number of fused-ring (bicyclic) bond motifs is 3. The van der Waals surface area contributed by atoms with Crippen LogP contribution in [-0.2, 0) is 14.3 Å². The van der Waals surface area contributed by atoms with Crippen molar-refractivity contribution < 1.29 is 24.2 Å². The highest BCUT2D eigenvalue weighted by molar-refractivity contribution is 5.79. The molecule has 0 aliphatic heterocycles. The molecule has 2 amide bonds. The Bertz CT molecular complexity index is 974. The lowest BCUT2D eigenvalue weighted by Gasteiger charge is -2.26. The molecule has 35 heavy (non-hydrogen) atoms. The quantitative estimate of drug-likeness (QED) is 0.385. The van der Waals surface area contributed by atoms with Crippen LogP contribution in [0.3, 0.4) is 0 Å². The lowest BCUT2D eigenvalue weighted by atomic mass is 9.98. The molecule has 0 spiro atoms. The van der Waals surface area contributed by atoms with Crippen LogP contribution in [0, 0.1) is 0 Å². The highest BCUT2D eigenvalue weighted by atomic mass is 16.5. The number of alkyl carbamates (subject to hydrolysis) is 1. The maximum absolute atomic E-state index is 12.4. The average Bonchev–Trinajstić information content (AvgIpc) is 3.15. The number of hydrogen-bond acceptors (Lipinski definition) is 4. The lowest BCUT2D eigenvalue weighted by molar-refractivity contribution is -0.139. The van der Waals surface area contributed by atoms with Gasteiger partial charge in [0.2, 0.25) is 5.91 Å². The van der Waals surface area contributed by atoms with Crippen LogP contribution in [0.2, 0.25) is 0 Å². The first-order chi connectivity index (χ1) is 16.9. The van der Waals surface area contributed by atoms with Crippen molar-refractivity contribution in [3.05, 3.63) is 59.7 Å². The monoisotopic (exact) mass is 480 g/mol. The van der Waals surface area contributed by atoms with Crippen molar-refractivity contribution in [1.29, 1.82) is 0 Å². The number of nitrogens with zero attached hydrogens (tertiary/aromatic N) is 1. The number of hydrogen-bond donors (Lipinski definition) is 2. The van der Waals surface area contributed by atoms with Crippen LogP contribution in [0.5, 0.6) is 0 Å². The minimum absolute atomic E-state index is 0.00184. The number of aliphatic carboxylic acids is 1. The molecular weight excluding hydrogens is 444 g/mol. The molecule has 0 fully saturated rings. The summed E-state index contributed by atoms with van der Waals surface area (Å²) < 4.78 is 5.55. The number of nitrogens with one attached hydrogen (secondary N) is 1. The minimum Gasteiger partial charge on any atom is -0.481 e. The predicted octanol–water partition coefficient (Wildman–Crippen LogP) is 5.19. The predicted molar refractivity (Wildman–Crippen MR) is 135 cm³/mol. The highest BCUT2D eigenvalue weighted by Gasteiger charge is 2.28. The summed E-state index contributed by atoms with van der Waals surface area (Å²) in [6.45, 7) is 4.87. The SMILES string of the molecule is CC(C)N(CCC(=O)O)C(=O)CCCCCCNC(=O)OCC1c2ccccc2-c2ccccc21. The summed E-state index contributed by atoms with van der Waals surface area (Å²) in [6.07, 6.45) is 3.30. The zero-order chi connectivity index (χ0) is 25.2. The van der Waals surface area contributed by atoms with Crippen molar-refractivity contribution in [1.82, 2.24) is 10.2 Å². The number of rotatable bonds is 13. The van der Waals surface area contributed by atoms with Gasteiger partial charge in [0, 0.05) is 31.5 Å². The Kier molecular flexibility index (Phi) is 9.70. The van der Waals surface area contributed by atoms with Crippen molar-refractivity contribution in [2.45, 2.75) is 64.3 Å². The number of ether oxygens (including phenoxy) is 1. The van der Waals surface area contributed by atoms with E-state index in [0.717, 1.165) is 25.7 Å². The minimum atomic E-state index is -0.896. The molecule has 188 valence electrons. The Morgan fingerprint density at radius 1 is 0.914 bits per heavy atom. The molecule has 7 nitrogen and oxygen atoms in total. The number of amides is 2. The molecular formula is C28H36N2O5. The molecule has 0 bridgehead atoms. The van der Waals surface area contributed by atoms with E-state index in [1.165, 1.54) is 22.3 Å². The summed E-state index contributed by atoms with van der Waals surface area (Å²) in [5, 5.41) is 11.7. The molecule has 0 radical (unpaired) electrons. The van der Waals surface area contributed by atoms with E-state index >= 15 is 0 Å². The number of carboxylic acid groups (broad SMARTS) is 1. The van der Waals surface area contributed by atoms with Crippen LogP contribution >= 0.6 is 0 Å². The van der Waals surface area contributed by atoms with Crippen LogP contribution in [0.25, 0.3) is 11.1 Å². The Balaban J connectivity index is 1.31. The second-order valence-electron chi connectivity index (χ2n) is 9.24. The van der Waals surface area contributed by atoms with E-state index in [2.05, 4.69) is 29.6 Å². The lowest BCUT2D eigenvalue weighted by Crippen LogP contribution is -2.38. The normalized spacial score (nSPS) is 12.2. The first-order valence-electron chi connectivity index (χ1n) is 12.5. The first-order valence-corrected chi connectivity index (χ1v) is 12.5. The van der Waals surface area contributed by atoms with E-state index in [1.54, 1.807) is 4.90 Å². The second-order valence-corrected chi connectivity index (χ2v) is 9.24. The molecule has 0 unspecified atom stereocenters. The number of carbonyl (C=O) groups is 3. The molecule has 0 atom stereocenters. The van der Waals surface area contributed by atoms with Gasteiger partial charge in [-0.05, 0) is 48.9 Å². The molecule has 7 heteroatoms. The summed E-state index contributed by atoms with van der Waals surface area (Å²) >= 11 is 0. The zero-order valence-corrected chi connectivity index (χ0v) is 20.7. The van der Waals surface area contributed by atoms with Crippen LogP contribution in [0.1, 0.15) is 69.4 Å². The number of unbranched alkanes of at least 4 members (excludes halogenated alkanes) is 3. The molecule has 0 saturated carbocycles. The standard InChI is InChI=1S/C28H36N2O5/c1-20(2)30(18-16-27(32)33)26(31)15-5-3-4-10-17-29-28(34)35-19-25-23-13-8-6-11-21(23)22-12-7-9-14-24(22)25/h6-9,11-14,20,25H,3-5,10,15-19H2,1-2H3,(H,29,34)(H,32,33). The van der Waals surface area contributed by atoms with Crippen LogP contribution in [0.15, 0.2) is 48.5 Å². The van der Waals surface area contributed by atoms with Gasteiger partial charge < -0.3 is 20.1 Å². The fourth-order valence-corrected chi connectivity index (χ4v) is 4.63. The Hall–Kier alpha value is -3.35. The van der Waals surface area contributed by atoms with E-state index in [9.17, 15) is 14.4 Å². The molecule has 2 aromatic rings. The maximum Gasteiger partial charge on any atom is 0.407 e. The molecule has 1 aliphatic carbocycles. The summed E-state index contributed by atoms with van der Waals surface area (Å²) in [4.78, 5) is 37.0. The summed E-state index contributed by atoms with van der Waals surface area (Å²) in [5.74, 6) is -0.850. The number of carbonyl (C=O) groups excluding carboxylic acids is 2.